The van der Waals surface area contributed by atoms with Gasteiger partial charge in [-0.3, -0.25) is 9.69 Å². The largest absolute Gasteiger partial charge is 0.354 e. The molecule has 26 heavy (non-hydrogen) atoms. The van der Waals surface area contributed by atoms with Gasteiger partial charge in [0.25, 0.3) is 0 Å². The van der Waals surface area contributed by atoms with Crippen LogP contribution in [0.25, 0.3) is 0 Å². The van der Waals surface area contributed by atoms with Gasteiger partial charge < -0.3 is 11.1 Å². The van der Waals surface area contributed by atoms with Gasteiger partial charge in [0.05, 0.1) is 0 Å². The molecule has 3 N–H and O–H groups in total. The summed E-state index contributed by atoms with van der Waals surface area (Å²) >= 11 is 2.06. The molecule has 1 heterocycles. The monoisotopic (exact) mass is 425 g/mol. The second-order valence-corrected chi connectivity index (χ2v) is 9.47. The molecule has 7 heteroatoms. The first-order chi connectivity index (χ1) is 11.7. The average Bonchev–Trinajstić information content (AvgIpc) is 3.12. The zero-order chi connectivity index (χ0) is 16.9. The van der Waals surface area contributed by atoms with Gasteiger partial charge in [0.1, 0.15) is 0 Å². The van der Waals surface area contributed by atoms with Crippen molar-refractivity contribution in [1.29, 1.82) is 0 Å². The van der Waals surface area contributed by atoms with Crippen molar-refractivity contribution in [2.75, 3.05) is 37.7 Å². The van der Waals surface area contributed by atoms with Crippen LogP contribution >= 0.6 is 36.6 Å². The van der Waals surface area contributed by atoms with E-state index in [1.165, 1.54) is 69.5 Å². The van der Waals surface area contributed by atoms with Crippen molar-refractivity contribution in [2.24, 2.45) is 11.1 Å². The molecule has 3 fully saturated rings. The van der Waals surface area contributed by atoms with Gasteiger partial charge in [-0.1, -0.05) is 32.1 Å². The lowest BCUT2D eigenvalue weighted by molar-refractivity contribution is -0.124. The Morgan fingerprint density at radius 3 is 2.12 bits per heavy atom. The second-order valence-electron chi connectivity index (χ2n) is 8.25. The molecule has 0 radical (unpaired) electrons. The van der Waals surface area contributed by atoms with E-state index in [0.717, 1.165) is 19.4 Å². The standard InChI is InChI=1S/C19H35N3OS.2ClH/c20-15-18(6-2-1-3-7-18)14-17(23)21-16-19(8-4-5-9-19)22-10-12-24-13-11-22;;/h1-16,20H2,(H,21,23);2*1H. The maximum atomic E-state index is 12.7. The number of hydrogen-bond acceptors (Lipinski definition) is 4. The van der Waals surface area contributed by atoms with Crippen LogP contribution in [0.4, 0.5) is 0 Å². The number of amides is 1. The lowest BCUT2D eigenvalue weighted by Crippen LogP contribution is -2.56. The molecule has 0 aromatic rings. The molecular formula is C19H37Cl2N3OS. The molecular weight excluding hydrogens is 389 g/mol. The predicted octanol–water partition coefficient (Wildman–Crippen LogP) is 3.61. The number of thioether (sulfide) groups is 1. The fourth-order valence-corrected chi connectivity index (χ4v) is 6.00. The van der Waals surface area contributed by atoms with E-state index >= 15 is 0 Å². The third-order valence-electron chi connectivity index (χ3n) is 6.71. The van der Waals surface area contributed by atoms with E-state index in [0.29, 0.717) is 13.0 Å². The molecule has 4 nitrogen and oxygen atoms in total. The van der Waals surface area contributed by atoms with Crippen molar-refractivity contribution in [2.45, 2.75) is 69.7 Å². The molecule has 1 amide bonds. The maximum Gasteiger partial charge on any atom is 0.220 e. The van der Waals surface area contributed by atoms with Crippen LogP contribution in [0.3, 0.4) is 0 Å². The molecule has 154 valence electrons. The van der Waals surface area contributed by atoms with Gasteiger partial charge in [-0.05, 0) is 37.6 Å². The number of nitrogens with one attached hydrogen (secondary N) is 1. The van der Waals surface area contributed by atoms with E-state index < -0.39 is 0 Å². The van der Waals surface area contributed by atoms with Crippen LogP contribution in [-0.2, 0) is 4.79 Å². The zero-order valence-corrected chi connectivity index (χ0v) is 18.4. The summed E-state index contributed by atoms with van der Waals surface area (Å²) in [6.07, 6.45) is 11.8. The fourth-order valence-electron chi connectivity index (χ4n) is 5.10. The summed E-state index contributed by atoms with van der Waals surface area (Å²) in [5.74, 6) is 2.72. The Morgan fingerprint density at radius 2 is 1.54 bits per heavy atom. The van der Waals surface area contributed by atoms with E-state index in [9.17, 15) is 4.79 Å². The van der Waals surface area contributed by atoms with Crippen LogP contribution in [0.15, 0.2) is 0 Å². The van der Waals surface area contributed by atoms with E-state index in [4.69, 9.17) is 5.73 Å². The molecule has 0 atom stereocenters. The molecule has 0 aromatic carbocycles. The highest BCUT2D eigenvalue weighted by molar-refractivity contribution is 7.99. The molecule has 3 rings (SSSR count). The van der Waals surface area contributed by atoms with Gasteiger partial charge in [0, 0.05) is 43.1 Å². The third-order valence-corrected chi connectivity index (χ3v) is 7.66. The highest BCUT2D eigenvalue weighted by atomic mass is 35.5. The summed E-state index contributed by atoms with van der Waals surface area (Å²) in [6.45, 7) is 3.88. The van der Waals surface area contributed by atoms with Gasteiger partial charge in [0.2, 0.25) is 5.91 Å². The number of hydrogen-bond donors (Lipinski definition) is 2. The summed E-state index contributed by atoms with van der Waals surface area (Å²) in [4.78, 5) is 15.3. The normalized spacial score (nSPS) is 25.0. The highest BCUT2D eigenvalue weighted by Crippen LogP contribution is 2.39. The van der Waals surface area contributed by atoms with Gasteiger partial charge in [-0.15, -0.1) is 24.8 Å². The zero-order valence-electron chi connectivity index (χ0n) is 16.0. The molecule has 1 saturated heterocycles. The Labute approximate surface area is 176 Å². The Balaban J connectivity index is 0.00000169. The van der Waals surface area contributed by atoms with Crippen LogP contribution in [0, 0.1) is 5.41 Å². The Kier molecular flexibility index (Phi) is 10.6. The number of nitrogens with zero attached hydrogens (tertiary/aromatic N) is 1. The SMILES string of the molecule is Cl.Cl.NCC1(CC(=O)NCC2(N3CCSCC3)CCCC2)CCCCC1. The van der Waals surface area contributed by atoms with Crippen LogP contribution < -0.4 is 11.1 Å². The first-order valence-electron chi connectivity index (χ1n) is 9.98. The average molecular weight is 426 g/mol. The number of carbonyl (C=O) groups excluding carboxylic acids is 1. The number of halogens is 2. The summed E-state index contributed by atoms with van der Waals surface area (Å²) in [5, 5.41) is 3.33. The van der Waals surface area contributed by atoms with Gasteiger partial charge in [0.15, 0.2) is 0 Å². The van der Waals surface area contributed by atoms with Crippen LogP contribution in [-0.4, -0.2) is 54.0 Å². The van der Waals surface area contributed by atoms with E-state index in [1.54, 1.807) is 0 Å². The number of carbonyl (C=O) groups is 1. The van der Waals surface area contributed by atoms with Crippen molar-refractivity contribution in [3.63, 3.8) is 0 Å². The van der Waals surface area contributed by atoms with E-state index in [1.807, 2.05) is 0 Å². The molecule has 0 bridgehead atoms. The quantitative estimate of drug-likeness (QED) is 0.681. The van der Waals surface area contributed by atoms with E-state index in [2.05, 4.69) is 22.0 Å². The third kappa shape index (κ3) is 5.91. The molecule has 2 aliphatic carbocycles. The van der Waals surface area contributed by atoms with E-state index in [-0.39, 0.29) is 41.7 Å². The molecule has 3 aliphatic rings. The van der Waals surface area contributed by atoms with Crippen molar-refractivity contribution in [1.82, 2.24) is 10.2 Å². The summed E-state index contributed by atoms with van der Waals surface area (Å²) in [5.41, 5.74) is 6.37. The van der Waals surface area contributed by atoms with Crippen LogP contribution in [0.1, 0.15) is 64.2 Å². The topological polar surface area (TPSA) is 58.4 Å². The molecule has 1 aliphatic heterocycles. The first-order valence-corrected chi connectivity index (χ1v) is 11.1. The van der Waals surface area contributed by atoms with Crippen molar-refractivity contribution in [3.05, 3.63) is 0 Å². The van der Waals surface area contributed by atoms with Gasteiger partial charge >= 0.3 is 0 Å². The highest BCUT2D eigenvalue weighted by Gasteiger charge is 2.40. The fraction of sp³-hybridized carbons (Fsp3) is 0.947. The minimum absolute atomic E-state index is 0. The molecule has 2 saturated carbocycles. The Bertz CT molecular complexity index is 421. The first kappa shape index (κ1) is 24.4. The lowest BCUT2D eigenvalue weighted by Gasteiger charge is -2.44. The summed E-state index contributed by atoms with van der Waals surface area (Å²) in [6, 6.07) is 0. The second kappa shape index (κ2) is 11.4. The molecule has 0 unspecified atom stereocenters. The van der Waals surface area contributed by atoms with Crippen molar-refractivity contribution < 1.29 is 4.79 Å². The van der Waals surface area contributed by atoms with Gasteiger partial charge in [-0.25, -0.2) is 0 Å². The maximum absolute atomic E-state index is 12.7. The Morgan fingerprint density at radius 1 is 0.962 bits per heavy atom. The smallest absolute Gasteiger partial charge is 0.220 e. The van der Waals surface area contributed by atoms with Crippen LogP contribution in [0.5, 0.6) is 0 Å². The molecule has 0 aromatic heterocycles. The number of rotatable bonds is 6. The predicted molar refractivity (Wildman–Crippen MR) is 117 cm³/mol. The van der Waals surface area contributed by atoms with Crippen LogP contribution in [0.2, 0.25) is 0 Å². The minimum atomic E-state index is 0. The summed E-state index contributed by atoms with van der Waals surface area (Å²) < 4.78 is 0. The van der Waals surface area contributed by atoms with Crippen molar-refractivity contribution >= 4 is 42.5 Å². The minimum Gasteiger partial charge on any atom is -0.354 e. The Hall–Kier alpha value is 0.320. The lowest BCUT2D eigenvalue weighted by atomic mass is 9.71. The summed E-state index contributed by atoms with van der Waals surface area (Å²) in [7, 11) is 0. The van der Waals surface area contributed by atoms with Crippen molar-refractivity contribution in [3.8, 4) is 0 Å². The molecule has 0 spiro atoms. The van der Waals surface area contributed by atoms with Gasteiger partial charge in [-0.2, -0.15) is 11.8 Å². The number of nitrogens with two attached hydrogens (primary N) is 1.